The molecule has 0 aromatic carbocycles. The van der Waals surface area contributed by atoms with Gasteiger partial charge in [0.15, 0.2) is 5.13 Å². The molecule has 5 nitrogen and oxygen atoms in total. The predicted molar refractivity (Wildman–Crippen MR) is 82.4 cm³/mol. The number of likely N-dealkylation sites (tertiary alicyclic amines) is 1. The van der Waals surface area contributed by atoms with Gasteiger partial charge in [0.05, 0.1) is 0 Å². The molecule has 6 heteroatoms. The third-order valence-electron chi connectivity index (χ3n) is 3.58. The van der Waals surface area contributed by atoms with E-state index in [1.54, 1.807) is 0 Å². The molecule has 1 atom stereocenters. The molecule has 20 heavy (non-hydrogen) atoms. The Balaban J connectivity index is 1.87. The molecule has 0 spiro atoms. The Kier molecular flexibility index (Phi) is 4.34. The van der Waals surface area contributed by atoms with E-state index in [-0.39, 0.29) is 11.4 Å². The van der Waals surface area contributed by atoms with Gasteiger partial charge in [-0.1, -0.05) is 0 Å². The second kappa shape index (κ2) is 5.69. The van der Waals surface area contributed by atoms with Crippen LogP contribution in [0.2, 0.25) is 0 Å². The second-order valence-electron chi connectivity index (χ2n) is 6.61. The smallest absolute Gasteiger partial charge is 0.223 e. The van der Waals surface area contributed by atoms with E-state index in [0.29, 0.717) is 17.5 Å². The Morgan fingerprint density at radius 3 is 2.75 bits per heavy atom. The number of thiazole rings is 1. The first-order chi connectivity index (χ1) is 9.25. The van der Waals surface area contributed by atoms with Crippen molar-refractivity contribution in [3.63, 3.8) is 0 Å². The molecule has 0 bridgehead atoms. The molecule has 1 aliphatic rings. The molecule has 2 N–H and O–H groups in total. The molecule has 1 fully saturated rings. The standard InChI is InChI=1S/C14H24N4OS/c1-14(2,3)18-8-10(5-12(18)19)7-17(4)9-11-6-16-13(15)20-11/h6,10H,5,7-9H2,1-4H3,(H2,15,16). The molecule has 112 valence electrons. The molecule has 0 radical (unpaired) electrons. The van der Waals surface area contributed by atoms with E-state index in [0.717, 1.165) is 19.6 Å². The van der Waals surface area contributed by atoms with Gasteiger partial charge in [-0.05, 0) is 33.7 Å². The first-order valence-electron chi connectivity index (χ1n) is 6.95. The van der Waals surface area contributed by atoms with Crippen molar-refractivity contribution >= 4 is 22.4 Å². The molecule has 2 heterocycles. The van der Waals surface area contributed by atoms with E-state index in [1.165, 1.54) is 16.2 Å². The minimum atomic E-state index is -0.0729. The lowest BCUT2D eigenvalue weighted by Crippen LogP contribution is -2.42. The van der Waals surface area contributed by atoms with Crippen LogP contribution < -0.4 is 5.73 Å². The van der Waals surface area contributed by atoms with Gasteiger partial charge in [-0.25, -0.2) is 4.98 Å². The monoisotopic (exact) mass is 296 g/mol. The Morgan fingerprint density at radius 2 is 2.25 bits per heavy atom. The maximum atomic E-state index is 12.1. The average molecular weight is 296 g/mol. The number of nitrogens with zero attached hydrogens (tertiary/aromatic N) is 3. The van der Waals surface area contributed by atoms with Crippen molar-refractivity contribution in [2.24, 2.45) is 5.92 Å². The summed E-state index contributed by atoms with van der Waals surface area (Å²) in [7, 11) is 2.08. The largest absolute Gasteiger partial charge is 0.375 e. The Hall–Kier alpha value is -1.14. The van der Waals surface area contributed by atoms with Gasteiger partial charge in [0.1, 0.15) is 0 Å². The third-order valence-corrected chi connectivity index (χ3v) is 4.39. The van der Waals surface area contributed by atoms with E-state index >= 15 is 0 Å². The number of carbonyl (C=O) groups is 1. The number of hydrogen-bond acceptors (Lipinski definition) is 5. The number of aromatic nitrogens is 1. The molecular weight excluding hydrogens is 272 g/mol. The summed E-state index contributed by atoms with van der Waals surface area (Å²) in [4.78, 5) is 21.5. The van der Waals surface area contributed by atoms with E-state index < -0.39 is 0 Å². The highest BCUT2D eigenvalue weighted by Crippen LogP contribution is 2.26. The minimum Gasteiger partial charge on any atom is -0.375 e. The van der Waals surface area contributed by atoms with E-state index in [9.17, 15) is 4.79 Å². The molecule has 2 rings (SSSR count). The molecular formula is C14H24N4OS. The fourth-order valence-electron chi connectivity index (χ4n) is 2.72. The summed E-state index contributed by atoms with van der Waals surface area (Å²) in [6.45, 7) is 8.91. The first-order valence-corrected chi connectivity index (χ1v) is 7.76. The number of nitrogen functional groups attached to an aromatic ring is 1. The zero-order chi connectivity index (χ0) is 14.9. The maximum Gasteiger partial charge on any atom is 0.223 e. The van der Waals surface area contributed by atoms with Gasteiger partial charge in [-0.3, -0.25) is 4.79 Å². The van der Waals surface area contributed by atoms with Crippen LogP contribution in [0.4, 0.5) is 5.13 Å². The highest BCUT2D eigenvalue weighted by atomic mass is 32.1. The number of hydrogen-bond donors (Lipinski definition) is 1. The molecule has 0 aliphatic carbocycles. The summed E-state index contributed by atoms with van der Waals surface area (Å²) in [5, 5.41) is 0.614. The molecule has 1 unspecified atom stereocenters. The lowest BCUT2D eigenvalue weighted by Gasteiger charge is -2.32. The highest BCUT2D eigenvalue weighted by Gasteiger charge is 2.36. The molecule has 1 saturated heterocycles. The van der Waals surface area contributed by atoms with Gasteiger partial charge >= 0.3 is 0 Å². The van der Waals surface area contributed by atoms with E-state index in [2.05, 4.69) is 37.7 Å². The van der Waals surface area contributed by atoms with Crippen LogP contribution >= 0.6 is 11.3 Å². The van der Waals surface area contributed by atoms with Crippen LogP contribution in [0.5, 0.6) is 0 Å². The van der Waals surface area contributed by atoms with Crippen LogP contribution in [0.3, 0.4) is 0 Å². The summed E-state index contributed by atoms with van der Waals surface area (Å²) in [6, 6.07) is 0. The van der Waals surface area contributed by atoms with Crippen molar-refractivity contribution in [3.05, 3.63) is 11.1 Å². The van der Waals surface area contributed by atoms with Crippen molar-refractivity contribution in [1.29, 1.82) is 0 Å². The number of nitrogens with two attached hydrogens (primary N) is 1. The zero-order valence-corrected chi connectivity index (χ0v) is 13.5. The molecule has 0 saturated carbocycles. The lowest BCUT2D eigenvalue weighted by molar-refractivity contribution is -0.131. The molecule has 1 aromatic heterocycles. The van der Waals surface area contributed by atoms with Gasteiger partial charge in [0.25, 0.3) is 0 Å². The summed E-state index contributed by atoms with van der Waals surface area (Å²) < 4.78 is 0. The summed E-state index contributed by atoms with van der Waals surface area (Å²) in [5.41, 5.74) is 5.57. The van der Waals surface area contributed by atoms with Gasteiger partial charge < -0.3 is 15.5 Å². The van der Waals surface area contributed by atoms with E-state index in [1.807, 2.05) is 11.1 Å². The summed E-state index contributed by atoms with van der Waals surface area (Å²) in [6.07, 6.45) is 2.49. The maximum absolute atomic E-state index is 12.1. The Morgan fingerprint density at radius 1 is 1.55 bits per heavy atom. The molecule has 1 aromatic rings. The van der Waals surface area contributed by atoms with Gasteiger partial charge in [0, 0.05) is 42.7 Å². The van der Waals surface area contributed by atoms with Crippen LogP contribution in [0.15, 0.2) is 6.20 Å². The van der Waals surface area contributed by atoms with Crippen molar-refractivity contribution in [3.8, 4) is 0 Å². The predicted octanol–water partition coefficient (Wildman–Crippen LogP) is 1.80. The number of rotatable bonds is 4. The van der Waals surface area contributed by atoms with Crippen molar-refractivity contribution in [2.45, 2.75) is 39.3 Å². The van der Waals surface area contributed by atoms with Crippen molar-refractivity contribution < 1.29 is 4.79 Å². The zero-order valence-electron chi connectivity index (χ0n) is 12.7. The molecule has 1 amide bonds. The highest BCUT2D eigenvalue weighted by molar-refractivity contribution is 7.15. The van der Waals surface area contributed by atoms with Crippen LogP contribution in [-0.4, -0.2) is 46.4 Å². The molecule has 1 aliphatic heterocycles. The fraction of sp³-hybridized carbons (Fsp3) is 0.714. The van der Waals surface area contributed by atoms with Gasteiger partial charge in [0.2, 0.25) is 5.91 Å². The van der Waals surface area contributed by atoms with Crippen molar-refractivity contribution in [2.75, 3.05) is 25.9 Å². The number of carbonyl (C=O) groups excluding carboxylic acids is 1. The summed E-state index contributed by atoms with van der Waals surface area (Å²) >= 11 is 1.53. The van der Waals surface area contributed by atoms with Crippen LogP contribution in [0, 0.1) is 5.92 Å². The normalized spacial score (nSPS) is 20.1. The van der Waals surface area contributed by atoms with Crippen molar-refractivity contribution in [1.82, 2.24) is 14.8 Å². The van der Waals surface area contributed by atoms with Crippen LogP contribution in [0.1, 0.15) is 32.1 Å². The minimum absolute atomic E-state index is 0.0729. The fourth-order valence-corrected chi connectivity index (χ4v) is 3.48. The number of amides is 1. The quantitative estimate of drug-likeness (QED) is 0.920. The third kappa shape index (κ3) is 3.70. The van der Waals surface area contributed by atoms with Gasteiger partial charge in [-0.15, -0.1) is 11.3 Å². The first kappa shape index (κ1) is 15.3. The Labute approximate surface area is 124 Å². The SMILES string of the molecule is CN(Cc1cnc(N)s1)CC1CC(=O)N(C(C)(C)C)C1. The lowest BCUT2D eigenvalue weighted by atomic mass is 10.1. The van der Waals surface area contributed by atoms with Crippen LogP contribution in [-0.2, 0) is 11.3 Å². The van der Waals surface area contributed by atoms with Gasteiger partial charge in [-0.2, -0.15) is 0 Å². The second-order valence-corrected chi connectivity index (χ2v) is 7.75. The van der Waals surface area contributed by atoms with Crippen LogP contribution in [0.25, 0.3) is 0 Å². The summed E-state index contributed by atoms with van der Waals surface area (Å²) in [5.74, 6) is 0.690. The van der Waals surface area contributed by atoms with E-state index in [4.69, 9.17) is 5.73 Å². The Bertz CT molecular complexity index is 480. The average Bonchev–Trinajstić information content (AvgIpc) is 2.84. The number of anilines is 1. The topological polar surface area (TPSA) is 62.5 Å².